The van der Waals surface area contributed by atoms with Crippen molar-refractivity contribution >= 4 is 27.9 Å². The van der Waals surface area contributed by atoms with E-state index in [4.69, 9.17) is 4.74 Å². The van der Waals surface area contributed by atoms with Gasteiger partial charge in [-0.1, -0.05) is 39.0 Å². The van der Waals surface area contributed by atoms with E-state index in [1.54, 1.807) is 12.1 Å². The summed E-state index contributed by atoms with van der Waals surface area (Å²) in [7, 11) is 2.20. The fraction of sp³-hybridized carbons (Fsp3) is 0.412. The Hall–Kier alpha value is -3.15. The molecule has 0 atom stereocenters. The highest BCUT2D eigenvalue weighted by Crippen LogP contribution is 2.44. The van der Waals surface area contributed by atoms with Crippen molar-refractivity contribution in [2.45, 2.75) is 58.7 Å². The summed E-state index contributed by atoms with van der Waals surface area (Å²) in [6.07, 6.45) is 4.42. The molecule has 0 unspecified atom stereocenters. The molecule has 5 heteroatoms. The Kier molecular flexibility index (Phi) is 6.35. The molecule has 0 amide bonds. The standard InChI is InChI=1S/C34H40FN3O/c1-33(2,3)25-10-11-30-28(20-25)29-19-24(22-37-16-14-36(6)15-17-37)32-27(12-13-34(4,5)39-32)31(29)38(30)21-23-8-7-9-26(35)18-23/h7-13,18-20H,14-17,21-22H2,1-6H3. The van der Waals surface area contributed by atoms with E-state index >= 15 is 0 Å². The first kappa shape index (κ1) is 26.1. The van der Waals surface area contributed by atoms with Crippen molar-refractivity contribution in [3.8, 4) is 5.75 Å². The maximum absolute atomic E-state index is 14.2. The van der Waals surface area contributed by atoms with Crippen molar-refractivity contribution < 1.29 is 9.13 Å². The van der Waals surface area contributed by atoms with Crippen molar-refractivity contribution in [1.29, 1.82) is 0 Å². The molecule has 0 N–H and O–H groups in total. The van der Waals surface area contributed by atoms with E-state index in [0.717, 1.165) is 55.1 Å². The number of hydrogen-bond acceptors (Lipinski definition) is 3. The largest absolute Gasteiger partial charge is 0.483 e. The zero-order chi connectivity index (χ0) is 27.5. The smallest absolute Gasteiger partial charge is 0.134 e. The lowest BCUT2D eigenvalue weighted by Crippen LogP contribution is -2.44. The molecule has 2 aliphatic rings. The van der Waals surface area contributed by atoms with Gasteiger partial charge >= 0.3 is 0 Å². The van der Waals surface area contributed by atoms with Crippen molar-refractivity contribution in [3.63, 3.8) is 0 Å². The molecule has 2 aliphatic heterocycles. The molecule has 0 aliphatic carbocycles. The first-order valence-corrected chi connectivity index (χ1v) is 14.1. The molecule has 1 fully saturated rings. The molecular weight excluding hydrogens is 485 g/mol. The van der Waals surface area contributed by atoms with Crippen molar-refractivity contribution in [2.75, 3.05) is 33.2 Å². The molecule has 6 rings (SSSR count). The number of ether oxygens (including phenoxy) is 1. The Bertz CT molecular complexity index is 1580. The van der Waals surface area contributed by atoms with E-state index in [9.17, 15) is 4.39 Å². The number of likely N-dealkylation sites (N-methyl/N-ethyl adjacent to an activating group) is 1. The van der Waals surface area contributed by atoms with Crippen LogP contribution >= 0.6 is 0 Å². The van der Waals surface area contributed by atoms with E-state index < -0.39 is 0 Å². The van der Waals surface area contributed by atoms with Crippen LogP contribution in [0.5, 0.6) is 5.75 Å². The minimum absolute atomic E-state index is 0.0368. The Morgan fingerprint density at radius 2 is 1.69 bits per heavy atom. The summed E-state index contributed by atoms with van der Waals surface area (Å²) in [5.41, 5.74) is 6.61. The average Bonchev–Trinajstić information content (AvgIpc) is 3.17. The van der Waals surface area contributed by atoms with Gasteiger partial charge < -0.3 is 14.2 Å². The fourth-order valence-corrected chi connectivity index (χ4v) is 6.01. The van der Waals surface area contributed by atoms with Crippen LogP contribution in [0.3, 0.4) is 0 Å². The molecule has 0 radical (unpaired) electrons. The molecule has 1 saturated heterocycles. The van der Waals surface area contributed by atoms with Gasteiger partial charge in [-0.15, -0.1) is 0 Å². The zero-order valence-corrected chi connectivity index (χ0v) is 24.1. The van der Waals surface area contributed by atoms with Gasteiger partial charge in [0.1, 0.15) is 17.2 Å². The van der Waals surface area contributed by atoms with E-state index in [2.05, 4.69) is 92.5 Å². The second-order valence-electron chi connectivity index (χ2n) is 13.0. The number of hydrogen-bond donors (Lipinski definition) is 0. The molecule has 0 saturated carbocycles. The van der Waals surface area contributed by atoms with Crippen LogP contribution in [0, 0.1) is 5.82 Å². The van der Waals surface area contributed by atoms with Crippen molar-refractivity contribution in [2.24, 2.45) is 0 Å². The lowest BCUT2D eigenvalue weighted by Gasteiger charge is -2.34. The van der Waals surface area contributed by atoms with Gasteiger partial charge in [0, 0.05) is 66.7 Å². The van der Waals surface area contributed by atoms with Gasteiger partial charge in [0.25, 0.3) is 0 Å². The second kappa shape index (κ2) is 9.50. The summed E-state index contributed by atoms with van der Waals surface area (Å²) < 4.78 is 23.3. The summed E-state index contributed by atoms with van der Waals surface area (Å²) >= 11 is 0. The number of fused-ring (bicyclic) bond motifs is 5. The minimum atomic E-state index is -0.379. The normalized spacial score (nSPS) is 18.0. The monoisotopic (exact) mass is 525 g/mol. The fourth-order valence-electron chi connectivity index (χ4n) is 6.01. The molecule has 0 bridgehead atoms. The lowest BCUT2D eigenvalue weighted by atomic mass is 9.86. The van der Waals surface area contributed by atoms with Crippen molar-refractivity contribution in [1.82, 2.24) is 14.4 Å². The summed E-state index contributed by atoms with van der Waals surface area (Å²) in [5, 5.41) is 2.48. The van der Waals surface area contributed by atoms with E-state index in [-0.39, 0.29) is 16.8 Å². The van der Waals surface area contributed by atoms with Crippen LogP contribution in [0.15, 0.2) is 54.6 Å². The molecule has 4 aromatic rings. The van der Waals surface area contributed by atoms with Crippen molar-refractivity contribution in [3.05, 3.63) is 82.7 Å². The van der Waals surface area contributed by atoms with E-state index in [1.165, 1.54) is 33.5 Å². The number of halogens is 1. The van der Waals surface area contributed by atoms with E-state index in [0.29, 0.717) is 6.54 Å². The minimum Gasteiger partial charge on any atom is -0.483 e. The molecule has 3 aromatic carbocycles. The number of rotatable bonds is 4. The highest BCUT2D eigenvalue weighted by atomic mass is 19.1. The molecule has 39 heavy (non-hydrogen) atoms. The van der Waals surface area contributed by atoms with Gasteiger partial charge in [-0.05, 0) is 79.9 Å². The van der Waals surface area contributed by atoms with Crippen LogP contribution in [0.2, 0.25) is 0 Å². The summed E-state index contributed by atoms with van der Waals surface area (Å²) in [6.45, 7) is 16.8. The summed E-state index contributed by atoms with van der Waals surface area (Å²) in [6, 6.07) is 16.2. The number of benzene rings is 3. The number of nitrogens with zero attached hydrogens (tertiary/aromatic N) is 3. The Balaban J connectivity index is 1.61. The Morgan fingerprint density at radius 1 is 0.923 bits per heavy atom. The second-order valence-corrected chi connectivity index (χ2v) is 13.0. The van der Waals surface area contributed by atoms with Crippen LogP contribution in [0.25, 0.3) is 27.9 Å². The topological polar surface area (TPSA) is 20.6 Å². The van der Waals surface area contributed by atoms with Gasteiger partial charge in [0.05, 0.1) is 5.52 Å². The summed E-state index contributed by atoms with van der Waals surface area (Å²) in [5.74, 6) is 0.776. The first-order chi connectivity index (χ1) is 18.5. The Morgan fingerprint density at radius 3 is 2.41 bits per heavy atom. The predicted molar refractivity (Wildman–Crippen MR) is 160 cm³/mol. The molecule has 204 valence electrons. The highest BCUT2D eigenvalue weighted by molar-refractivity contribution is 6.12. The van der Waals surface area contributed by atoms with Crippen LogP contribution in [-0.2, 0) is 18.5 Å². The zero-order valence-electron chi connectivity index (χ0n) is 24.1. The van der Waals surface area contributed by atoms with Crippen LogP contribution in [0.1, 0.15) is 56.9 Å². The molecule has 0 spiro atoms. The van der Waals surface area contributed by atoms with Crippen LogP contribution < -0.4 is 4.74 Å². The molecular formula is C34H40FN3O. The van der Waals surface area contributed by atoms with Crippen LogP contribution in [0.4, 0.5) is 4.39 Å². The van der Waals surface area contributed by atoms with Gasteiger partial charge in [0.15, 0.2) is 0 Å². The molecule has 3 heterocycles. The SMILES string of the molecule is CN1CCN(Cc2cc3c4cc(C(C)(C)C)ccc4n(Cc4cccc(F)c4)c3c3c2OC(C)(C)C=C3)CC1. The number of piperazine rings is 1. The average molecular weight is 526 g/mol. The molecule has 1 aromatic heterocycles. The molecule has 4 nitrogen and oxygen atoms in total. The summed E-state index contributed by atoms with van der Waals surface area (Å²) in [4.78, 5) is 4.94. The van der Waals surface area contributed by atoms with Gasteiger partial charge in [-0.3, -0.25) is 4.90 Å². The number of aromatic nitrogens is 1. The van der Waals surface area contributed by atoms with Gasteiger partial charge in [0.2, 0.25) is 0 Å². The van der Waals surface area contributed by atoms with E-state index in [1.807, 2.05) is 6.07 Å². The third kappa shape index (κ3) is 4.99. The Labute approximate surface area is 231 Å². The van der Waals surface area contributed by atoms with Crippen LogP contribution in [-0.4, -0.2) is 53.2 Å². The maximum Gasteiger partial charge on any atom is 0.134 e. The first-order valence-electron chi connectivity index (χ1n) is 14.1. The third-order valence-electron chi connectivity index (χ3n) is 8.31. The van der Waals surface area contributed by atoms with Gasteiger partial charge in [-0.2, -0.15) is 0 Å². The predicted octanol–water partition coefficient (Wildman–Crippen LogP) is 7.21. The highest BCUT2D eigenvalue weighted by Gasteiger charge is 2.29. The quantitative estimate of drug-likeness (QED) is 0.281. The lowest BCUT2D eigenvalue weighted by molar-refractivity contribution is 0.136. The maximum atomic E-state index is 14.2. The third-order valence-corrected chi connectivity index (χ3v) is 8.31. The van der Waals surface area contributed by atoms with Gasteiger partial charge in [-0.25, -0.2) is 4.39 Å².